The van der Waals surface area contributed by atoms with Crippen molar-refractivity contribution >= 4 is 10.0 Å². The van der Waals surface area contributed by atoms with Crippen molar-refractivity contribution in [3.63, 3.8) is 0 Å². The minimum absolute atomic E-state index is 0.0634. The van der Waals surface area contributed by atoms with E-state index in [1.54, 1.807) is 12.1 Å². The number of quaternary nitrogens is 1. The van der Waals surface area contributed by atoms with Gasteiger partial charge in [0.2, 0.25) is 10.0 Å². The molecule has 0 radical (unpaired) electrons. The quantitative estimate of drug-likeness (QED) is 0.664. The summed E-state index contributed by atoms with van der Waals surface area (Å²) in [5.74, 6) is 0.733. The Bertz CT molecular complexity index is 909. The van der Waals surface area contributed by atoms with Crippen molar-refractivity contribution < 1.29 is 27.5 Å². The number of rotatable bonds is 8. The summed E-state index contributed by atoms with van der Waals surface area (Å²) in [5, 5.41) is 0. The van der Waals surface area contributed by atoms with Crippen molar-refractivity contribution in [2.24, 2.45) is 0 Å². The van der Waals surface area contributed by atoms with Gasteiger partial charge in [0.1, 0.15) is 29.5 Å². The summed E-state index contributed by atoms with van der Waals surface area (Å²) in [6.45, 7) is 5.73. The zero-order chi connectivity index (χ0) is 20.9. The minimum atomic E-state index is -3.84. The van der Waals surface area contributed by atoms with Crippen LogP contribution in [-0.4, -0.2) is 55.5 Å². The second-order valence-corrected chi connectivity index (χ2v) is 8.85. The lowest BCUT2D eigenvalue weighted by atomic mass is 10.1. The molecule has 7 nitrogen and oxygen atoms in total. The molecule has 1 fully saturated rings. The number of sulfonamides is 1. The highest BCUT2D eigenvalue weighted by atomic mass is 32.2. The van der Waals surface area contributed by atoms with Crippen molar-refractivity contribution in [2.75, 3.05) is 47.1 Å². The Hall–Kier alpha value is -2.13. The van der Waals surface area contributed by atoms with Gasteiger partial charge in [-0.2, -0.15) is 4.72 Å². The first kappa shape index (κ1) is 21.6. The van der Waals surface area contributed by atoms with Crippen LogP contribution in [0.1, 0.15) is 17.2 Å². The first-order valence-corrected chi connectivity index (χ1v) is 11.1. The van der Waals surface area contributed by atoms with Crippen LogP contribution in [0.5, 0.6) is 11.5 Å². The van der Waals surface area contributed by atoms with Crippen molar-refractivity contribution in [2.45, 2.75) is 17.9 Å². The van der Waals surface area contributed by atoms with E-state index in [2.05, 4.69) is 4.72 Å². The fourth-order valence-electron chi connectivity index (χ4n) is 3.42. The monoisotopic (exact) mass is 421 g/mol. The van der Waals surface area contributed by atoms with E-state index in [1.165, 1.54) is 25.2 Å². The van der Waals surface area contributed by atoms with E-state index in [1.807, 2.05) is 31.2 Å². The van der Waals surface area contributed by atoms with Gasteiger partial charge < -0.3 is 19.1 Å². The van der Waals surface area contributed by atoms with Crippen molar-refractivity contribution in [1.82, 2.24) is 4.72 Å². The normalized spacial score (nSPS) is 16.4. The molecule has 0 aromatic heterocycles. The smallest absolute Gasteiger partial charge is 0.245 e. The zero-order valence-electron chi connectivity index (χ0n) is 17.1. The molecule has 2 N–H and O–H groups in total. The molecular weight excluding hydrogens is 392 g/mol. The van der Waals surface area contributed by atoms with Crippen LogP contribution in [0.2, 0.25) is 0 Å². The Labute approximate surface area is 172 Å². The van der Waals surface area contributed by atoms with E-state index in [-0.39, 0.29) is 16.7 Å². The molecule has 1 atom stereocenters. The van der Waals surface area contributed by atoms with E-state index >= 15 is 0 Å². The van der Waals surface area contributed by atoms with E-state index < -0.39 is 10.0 Å². The van der Waals surface area contributed by atoms with Gasteiger partial charge in [0, 0.05) is 6.07 Å². The molecule has 2 aromatic rings. The summed E-state index contributed by atoms with van der Waals surface area (Å²) >= 11 is 0. The van der Waals surface area contributed by atoms with Gasteiger partial charge in [-0.05, 0) is 24.6 Å². The third-order valence-electron chi connectivity index (χ3n) is 5.13. The van der Waals surface area contributed by atoms with Crippen molar-refractivity contribution in [1.29, 1.82) is 0 Å². The van der Waals surface area contributed by atoms with E-state index in [0.29, 0.717) is 25.5 Å². The Morgan fingerprint density at radius 1 is 1.07 bits per heavy atom. The number of methoxy groups -OCH3 is 2. The molecule has 0 spiro atoms. The molecule has 1 heterocycles. The maximum absolute atomic E-state index is 13.3. The van der Waals surface area contributed by atoms with Gasteiger partial charge in [-0.25, -0.2) is 8.42 Å². The predicted molar refractivity (Wildman–Crippen MR) is 110 cm³/mol. The number of aryl methyl sites for hydroxylation is 1. The molecule has 0 amide bonds. The summed E-state index contributed by atoms with van der Waals surface area (Å²) in [5.41, 5.74) is 2.06. The fourth-order valence-corrected chi connectivity index (χ4v) is 4.83. The highest BCUT2D eigenvalue weighted by molar-refractivity contribution is 7.89. The van der Waals surface area contributed by atoms with Crippen molar-refractivity contribution in [3.05, 3.63) is 53.6 Å². The highest BCUT2D eigenvalue weighted by Crippen LogP contribution is 2.29. The second kappa shape index (κ2) is 9.58. The van der Waals surface area contributed by atoms with Gasteiger partial charge in [0.05, 0.1) is 40.0 Å². The maximum atomic E-state index is 13.3. The number of benzene rings is 2. The van der Waals surface area contributed by atoms with Gasteiger partial charge >= 0.3 is 0 Å². The van der Waals surface area contributed by atoms with Crippen molar-refractivity contribution in [3.8, 4) is 11.5 Å². The molecule has 0 saturated carbocycles. The topological polar surface area (TPSA) is 78.3 Å². The second-order valence-electron chi connectivity index (χ2n) is 7.17. The highest BCUT2D eigenvalue weighted by Gasteiger charge is 2.29. The van der Waals surface area contributed by atoms with Crippen LogP contribution in [0.25, 0.3) is 0 Å². The number of nitrogens with one attached hydrogen (secondary N) is 2. The van der Waals surface area contributed by atoms with Gasteiger partial charge in [0.25, 0.3) is 0 Å². The Balaban J connectivity index is 1.92. The number of hydrogen-bond acceptors (Lipinski definition) is 5. The van der Waals surface area contributed by atoms with E-state index in [4.69, 9.17) is 14.2 Å². The molecule has 3 rings (SSSR count). The molecule has 0 unspecified atom stereocenters. The lowest BCUT2D eigenvalue weighted by Crippen LogP contribution is -3.14. The summed E-state index contributed by atoms with van der Waals surface area (Å²) < 4.78 is 45.4. The third kappa shape index (κ3) is 5.48. The van der Waals surface area contributed by atoms with Gasteiger partial charge in [-0.3, -0.25) is 0 Å². The average molecular weight is 422 g/mol. The molecule has 8 heteroatoms. The molecule has 29 heavy (non-hydrogen) atoms. The van der Waals surface area contributed by atoms with Gasteiger partial charge in [0.15, 0.2) is 0 Å². The fraction of sp³-hybridized carbons (Fsp3) is 0.429. The minimum Gasteiger partial charge on any atom is -0.497 e. The predicted octanol–water partition coefficient (Wildman–Crippen LogP) is 0.947. The Morgan fingerprint density at radius 2 is 1.76 bits per heavy atom. The number of ether oxygens (including phenoxy) is 3. The Morgan fingerprint density at radius 3 is 2.38 bits per heavy atom. The lowest BCUT2D eigenvalue weighted by Gasteiger charge is -2.28. The summed E-state index contributed by atoms with van der Waals surface area (Å²) in [7, 11) is -0.886. The van der Waals surface area contributed by atoms with Crippen LogP contribution in [0, 0.1) is 6.92 Å². The molecule has 1 saturated heterocycles. The molecule has 1 aliphatic heterocycles. The SMILES string of the molecule is COc1ccc(OC)c(S(=O)(=O)N[C@H](C[NH+]2CCOCC2)c2ccc(C)cc2)c1. The lowest BCUT2D eigenvalue weighted by molar-refractivity contribution is -0.909. The number of morpholine rings is 1. The first-order valence-electron chi connectivity index (χ1n) is 9.65. The maximum Gasteiger partial charge on any atom is 0.245 e. The first-order chi connectivity index (χ1) is 13.9. The van der Waals surface area contributed by atoms with Gasteiger partial charge in [-0.15, -0.1) is 0 Å². The largest absolute Gasteiger partial charge is 0.497 e. The van der Waals surface area contributed by atoms with Crippen LogP contribution in [0.15, 0.2) is 47.4 Å². The van der Waals surface area contributed by atoms with Crippen LogP contribution in [0.4, 0.5) is 0 Å². The molecule has 0 aliphatic carbocycles. The average Bonchev–Trinajstić information content (AvgIpc) is 2.74. The Kier molecular flexibility index (Phi) is 7.13. The number of hydrogen-bond donors (Lipinski definition) is 2. The van der Waals surface area contributed by atoms with Gasteiger partial charge in [-0.1, -0.05) is 29.8 Å². The van der Waals surface area contributed by atoms with Crippen LogP contribution in [0.3, 0.4) is 0 Å². The molecule has 2 aromatic carbocycles. The standard InChI is InChI=1S/C21H28N2O5S/c1-16-4-6-17(7-5-16)19(15-23-10-12-28-13-11-23)22-29(24,25)21-14-18(26-2)8-9-20(21)27-3/h4-9,14,19,22H,10-13,15H2,1-3H3/p+1/t19-/m1/s1. The van der Waals surface area contributed by atoms with Crippen LogP contribution >= 0.6 is 0 Å². The molecule has 0 bridgehead atoms. The zero-order valence-corrected chi connectivity index (χ0v) is 17.9. The van der Waals surface area contributed by atoms with E-state index in [0.717, 1.165) is 24.2 Å². The molecule has 1 aliphatic rings. The summed E-state index contributed by atoms with van der Waals surface area (Å²) in [6.07, 6.45) is 0. The van der Waals surface area contributed by atoms with Crippen LogP contribution in [-0.2, 0) is 14.8 Å². The van der Waals surface area contributed by atoms with Crippen LogP contribution < -0.4 is 19.1 Å². The molecule has 158 valence electrons. The summed E-state index contributed by atoms with van der Waals surface area (Å²) in [6, 6.07) is 12.3. The summed E-state index contributed by atoms with van der Waals surface area (Å²) in [4.78, 5) is 1.37. The molecular formula is C21H29N2O5S+. The van der Waals surface area contributed by atoms with E-state index in [9.17, 15) is 8.42 Å². The third-order valence-corrected chi connectivity index (χ3v) is 6.62.